The normalized spacial score (nSPS) is 18.4. The summed E-state index contributed by atoms with van der Waals surface area (Å²) in [4.78, 5) is 21.1. The number of amides is 1. The predicted octanol–water partition coefficient (Wildman–Crippen LogP) is 0.468. The third kappa shape index (κ3) is 2.85. The van der Waals surface area contributed by atoms with Crippen LogP contribution in [0.15, 0.2) is 28.7 Å². The molecular formula is C13H14N4O4S2. The van der Waals surface area contributed by atoms with Gasteiger partial charge in [-0.15, -0.1) is 11.3 Å². The molecule has 3 heterocycles. The lowest BCUT2D eigenvalue weighted by Crippen LogP contribution is -2.52. The van der Waals surface area contributed by atoms with Crippen LogP contribution in [0.2, 0.25) is 0 Å². The highest BCUT2D eigenvalue weighted by atomic mass is 32.2. The fourth-order valence-corrected chi connectivity index (χ4v) is 5.42. The molecule has 0 spiro atoms. The van der Waals surface area contributed by atoms with Crippen LogP contribution in [0.5, 0.6) is 0 Å². The quantitative estimate of drug-likeness (QED) is 0.612. The van der Waals surface area contributed by atoms with Crippen molar-refractivity contribution in [3.63, 3.8) is 0 Å². The van der Waals surface area contributed by atoms with Crippen LogP contribution in [-0.2, 0) is 27.8 Å². The Morgan fingerprint density at radius 3 is 2.65 bits per heavy atom. The number of thiophene rings is 1. The lowest BCUT2D eigenvalue weighted by atomic mass is 10.0. The molecule has 3 rings (SSSR count). The first-order valence-electron chi connectivity index (χ1n) is 6.74. The van der Waals surface area contributed by atoms with Crippen LogP contribution in [0.3, 0.4) is 0 Å². The molecule has 1 aliphatic rings. The van der Waals surface area contributed by atoms with Gasteiger partial charge in [-0.1, -0.05) is 0 Å². The molecule has 2 aromatic heterocycles. The van der Waals surface area contributed by atoms with Crippen LogP contribution in [0, 0.1) is 6.92 Å². The highest BCUT2D eigenvalue weighted by Gasteiger charge is 2.41. The number of nitrogens with zero attached hydrogens (tertiary/aromatic N) is 3. The van der Waals surface area contributed by atoms with Crippen molar-refractivity contribution in [3.05, 3.63) is 40.8 Å². The number of rotatable bonds is 3. The molecule has 0 aliphatic carbocycles. The molecule has 0 fully saturated rings. The van der Waals surface area contributed by atoms with E-state index in [9.17, 15) is 13.2 Å². The van der Waals surface area contributed by atoms with E-state index in [0.29, 0.717) is 11.4 Å². The Balaban J connectivity index is 2.06. The second kappa shape index (κ2) is 5.96. The maximum absolute atomic E-state index is 12.9. The van der Waals surface area contributed by atoms with Gasteiger partial charge in [-0.3, -0.25) is 20.0 Å². The molecule has 1 unspecified atom stereocenters. The third-order valence-electron chi connectivity index (χ3n) is 3.59. The summed E-state index contributed by atoms with van der Waals surface area (Å²) in [5.41, 5.74) is 2.59. The van der Waals surface area contributed by atoms with Crippen LogP contribution in [0.4, 0.5) is 0 Å². The number of nitrogens with one attached hydrogen (secondary N) is 1. The fourth-order valence-electron chi connectivity index (χ4n) is 2.46. The van der Waals surface area contributed by atoms with E-state index in [1.807, 2.05) is 0 Å². The molecule has 122 valence electrons. The van der Waals surface area contributed by atoms with Crippen LogP contribution in [0.1, 0.15) is 16.3 Å². The van der Waals surface area contributed by atoms with Crippen molar-refractivity contribution in [2.45, 2.75) is 30.1 Å². The molecule has 0 bridgehead atoms. The van der Waals surface area contributed by atoms with Gasteiger partial charge in [0.1, 0.15) is 10.3 Å². The van der Waals surface area contributed by atoms with Gasteiger partial charge in [0.25, 0.3) is 15.9 Å². The maximum atomic E-state index is 12.9. The third-order valence-corrected chi connectivity index (χ3v) is 6.91. The van der Waals surface area contributed by atoms with Gasteiger partial charge in [-0.25, -0.2) is 13.9 Å². The maximum Gasteiger partial charge on any atom is 0.262 e. The summed E-state index contributed by atoms with van der Waals surface area (Å²) in [6, 6.07) is 2.14. The van der Waals surface area contributed by atoms with Crippen molar-refractivity contribution < 1.29 is 18.4 Å². The van der Waals surface area contributed by atoms with Gasteiger partial charge in [0, 0.05) is 23.7 Å². The van der Waals surface area contributed by atoms with E-state index in [1.165, 1.54) is 23.9 Å². The predicted molar refractivity (Wildman–Crippen MR) is 81.2 cm³/mol. The second-order valence-electron chi connectivity index (χ2n) is 5.06. The minimum absolute atomic E-state index is 0.0547. The molecule has 2 N–H and O–H groups in total. The Morgan fingerprint density at radius 2 is 2.04 bits per heavy atom. The molecule has 1 aliphatic heterocycles. The minimum Gasteiger partial charge on any atom is -0.289 e. The first-order chi connectivity index (χ1) is 10.9. The van der Waals surface area contributed by atoms with Gasteiger partial charge in [0.15, 0.2) is 0 Å². The van der Waals surface area contributed by atoms with Crippen molar-refractivity contribution in [2.24, 2.45) is 0 Å². The van der Waals surface area contributed by atoms with Crippen molar-refractivity contribution in [3.8, 4) is 0 Å². The van der Waals surface area contributed by atoms with E-state index in [2.05, 4.69) is 9.97 Å². The zero-order chi connectivity index (χ0) is 16.6. The zero-order valence-corrected chi connectivity index (χ0v) is 13.8. The van der Waals surface area contributed by atoms with Gasteiger partial charge in [-0.05, 0) is 19.1 Å². The van der Waals surface area contributed by atoms with E-state index in [4.69, 9.17) is 5.21 Å². The zero-order valence-electron chi connectivity index (χ0n) is 12.1. The topological polar surface area (TPSA) is 112 Å². The summed E-state index contributed by atoms with van der Waals surface area (Å²) in [6.45, 7) is 1.74. The van der Waals surface area contributed by atoms with Crippen LogP contribution in [-0.4, -0.2) is 39.8 Å². The summed E-state index contributed by atoms with van der Waals surface area (Å²) in [5.74, 6) is -0.793. The summed E-state index contributed by atoms with van der Waals surface area (Å²) in [7, 11) is -3.88. The Morgan fingerprint density at radius 1 is 1.35 bits per heavy atom. The largest absolute Gasteiger partial charge is 0.289 e. The number of fused-ring (bicyclic) bond motifs is 1. The molecule has 1 amide bonds. The Labute approximate surface area is 136 Å². The molecule has 0 aromatic carbocycles. The summed E-state index contributed by atoms with van der Waals surface area (Å²) in [5, 5.41) is 8.94. The van der Waals surface area contributed by atoms with Gasteiger partial charge < -0.3 is 0 Å². The number of hydrogen-bond acceptors (Lipinski definition) is 7. The number of sulfonamides is 1. The Hall–Kier alpha value is -1.88. The first kappa shape index (κ1) is 16.0. The smallest absolute Gasteiger partial charge is 0.262 e. The number of carbonyl (C=O) groups is 1. The lowest BCUT2D eigenvalue weighted by Gasteiger charge is -2.32. The molecule has 2 aromatic rings. The molecule has 1 atom stereocenters. The van der Waals surface area contributed by atoms with Crippen molar-refractivity contribution in [2.75, 3.05) is 0 Å². The van der Waals surface area contributed by atoms with E-state index in [-0.39, 0.29) is 17.2 Å². The summed E-state index contributed by atoms with van der Waals surface area (Å²) < 4.78 is 26.9. The molecule has 0 saturated carbocycles. The van der Waals surface area contributed by atoms with Gasteiger partial charge >= 0.3 is 0 Å². The monoisotopic (exact) mass is 354 g/mol. The number of aromatic nitrogens is 2. The summed E-state index contributed by atoms with van der Waals surface area (Å²) in [6.07, 6.45) is 3.02. The van der Waals surface area contributed by atoms with Crippen LogP contribution >= 0.6 is 11.3 Å². The Kier molecular flexibility index (Phi) is 4.15. The SMILES string of the molecule is Cc1ccc(S(=O)(=O)N2Cc3nccnc3CC2C(=O)NO)s1. The average molecular weight is 354 g/mol. The number of aryl methyl sites for hydroxylation is 1. The van der Waals surface area contributed by atoms with E-state index in [0.717, 1.165) is 20.5 Å². The molecule has 8 nitrogen and oxygen atoms in total. The first-order valence-corrected chi connectivity index (χ1v) is 9.00. The summed E-state index contributed by atoms with van der Waals surface area (Å²) >= 11 is 1.13. The minimum atomic E-state index is -3.88. The Bertz CT molecular complexity index is 849. The molecular weight excluding hydrogens is 340 g/mol. The average Bonchev–Trinajstić information content (AvgIpc) is 3.00. The van der Waals surface area contributed by atoms with Crippen molar-refractivity contribution >= 4 is 27.3 Å². The standard InChI is InChI=1S/C13H14N4O4S2/c1-8-2-3-12(22-8)23(20,21)17-7-10-9(14-4-5-15-10)6-11(17)13(18)16-19/h2-5,11,19H,6-7H2,1H3,(H,16,18). The van der Waals surface area contributed by atoms with E-state index < -0.39 is 22.0 Å². The van der Waals surface area contributed by atoms with Crippen LogP contribution in [0.25, 0.3) is 0 Å². The molecule has 0 radical (unpaired) electrons. The number of hydrogen-bond donors (Lipinski definition) is 2. The molecule has 10 heteroatoms. The number of carbonyl (C=O) groups excluding carboxylic acids is 1. The highest BCUT2D eigenvalue weighted by molar-refractivity contribution is 7.91. The van der Waals surface area contributed by atoms with Crippen molar-refractivity contribution in [1.82, 2.24) is 19.8 Å². The van der Waals surface area contributed by atoms with Gasteiger partial charge in [0.2, 0.25) is 0 Å². The number of hydroxylamine groups is 1. The lowest BCUT2D eigenvalue weighted by molar-refractivity contribution is -0.133. The van der Waals surface area contributed by atoms with Gasteiger partial charge in [-0.2, -0.15) is 4.31 Å². The molecule has 23 heavy (non-hydrogen) atoms. The second-order valence-corrected chi connectivity index (χ2v) is 8.47. The van der Waals surface area contributed by atoms with Crippen LogP contribution < -0.4 is 5.48 Å². The highest BCUT2D eigenvalue weighted by Crippen LogP contribution is 2.30. The van der Waals surface area contributed by atoms with E-state index >= 15 is 0 Å². The fraction of sp³-hybridized carbons (Fsp3) is 0.308. The molecule has 0 saturated heterocycles. The van der Waals surface area contributed by atoms with Gasteiger partial charge in [0.05, 0.1) is 17.9 Å². The van der Waals surface area contributed by atoms with E-state index in [1.54, 1.807) is 13.0 Å². The van der Waals surface area contributed by atoms with Crippen molar-refractivity contribution in [1.29, 1.82) is 0 Å².